The van der Waals surface area contributed by atoms with Gasteiger partial charge in [0, 0.05) is 12.1 Å². The van der Waals surface area contributed by atoms with Crippen molar-refractivity contribution in [2.24, 2.45) is 5.92 Å². The molecule has 0 spiro atoms. The first-order valence-electron chi connectivity index (χ1n) is 6.34. The number of hydrogen-bond donors (Lipinski definition) is 2. The van der Waals surface area contributed by atoms with Crippen molar-refractivity contribution in [3.63, 3.8) is 0 Å². The fraction of sp³-hybridized carbons (Fsp3) is 0.308. The molecule has 1 aliphatic rings. The SMILES string of the molecule is O=C(Nc1nnc(-c2ccccc2Cl)s1)C1CCNC1. The van der Waals surface area contributed by atoms with Crippen molar-refractivity contribution < 1.29 is 4.79 Å². The molecule has 1 unspecified atom stereocenters. The van der Waals surface area contributed by atoms with E-state index in [1.807, 2.05) is 18.2 Å². The van der Waals surface area contributed by atoms with Gasteiger partial charge in [-0.25, -0.2) is 0 Å². The van der Waals surface area contributed by atoms with Gasteiger partial charge in [-0.3, -0.25) is 4.79 Å². The van der Waals surface area contributed by atoms with Gasteiger partial charge in [0.15, 0.2) is 5.01 Å². The number of nitrogens with zero attached hydrogens (tertiary/aromatic N) is 2. The Kier molecular flexibility index (Phi) is 3.95. The van der Waals surface area contributed by atoms with Crippen LogP contribution in [0.25, 0.3) is 10.6 Å². The van der Waals surface area contributed by atoms with E-state index in [0.29, 0.717) is 15.2 Å². The highest BCUT2D eigenvalue weighted by atomic mass is 35.5. The Balaban J connectivity index is 1.74. The summed E-state index contributed by atoms with van der Waals surface area (Å²) >= 11 is 7.45. The molecule has 0 saturated carbocycles. The minimum atomic E-state index is -0.00291. The van der Waals surface area contributed by atoms with Gasteiger partial charge in [-0.05, 0) is 19.0 Å². The second-order valence-electron chi connectivity index (χ2n) is 4.57. The first kappa shape index (κ1) is 13.5. The quantitative estimate of drug-likeness (QED) is 0.914. The van der Waals surface area contributed by atoms with Crippen molar-refractivity contribution in [2.75, 3.05) is 18.4 Å². The summed E-state index contributed by atoms with van der Waals surface area (Å²) in [5.74, 6) is 0.0134. The molecule has 20 heavy (non-hydrogen) atoms. The van der Waals surface area contributed by atoms with Crippen LogP contribution in [0.4, 0.5) is 5.13 Å². The summed E-state index contributed by atoms with van der Waals surface area (Å²) in [6.07, 6.45) is 0.863. The maximum atomic E-state index is 12.0. The molecule has 7 heteroatoms. The Morgan fingerprint density at radius 2 is 2.25 bits per heavy atom. The van der Waals surface area contributed by atoms with Crippen molar-refractivity contribution in [2.45, 2.75) is 6.42 Å². The van der Waals surface area contributed by atoms with Gasteiger partial charge < -0.3 is 10.6 Å². The Hall–Kier alpha value is -1.50. The van der Waals surface area contributed by atoms with Gasteiger partial charge in [0.25, 0.3) is 0 Å². The molecule has 1 aromatic carbocycles. The molecule has 2 heterocycles. The van der Waals surface area contributed by atoms with Crippen LogP contribution >= 0.6 is 22.9 Å². The minimum absolute atomic E-state index is 0.00291. The number of hydrogen-bond acceptors (Lipinski definition) is 5. The van der Waals surface area contributed by atoms with Crippen LogP contribution in [-0.4, -0.2) is 29.2 Å². The van der Waals surface area contributed by atoms with E-state index >= 15 is 0 Å². The third kappa shape index (κ3) is 2.82. The van der Waals surface area contributed by atoms with Gasteiger partial charge in [0.2, 0.25) is 11.0 Å². The lowest BCUT2D eigenvalue weighted by Crippen LogP contribution is -2.24. The first-order valence-corrected chi connectivity index (χ1v) is 7.53. The van der Waals surface area contributed by atoms with Gasteiger partial charge in [-0.1, -0.05) is 41.1 Å². The number of nitrogens with one attached hydrogen (secondary N) is 2. The Morgan fingerprint density at radius 1 is 1.40 bits per heavy atom. The zero-order valence-electron chi connectivity index (χ0n) is 10.6. The van der Waals surface area contributed by atoms with E-state index in [4.69, 9.17) is 11.6 Å². The van der Waals surface area contributed by atoms with Crippen molar-refractivity contribution in [3.05, 3.63) is 29.3 Å². The number of carbonyl (C=O) groups is 1. The predicted molar refractivity (Wildman–Crippen MR) is 80.0 cm³/mol. The lowest BCUT2D eigenvalue weighted by atomic mass is 10.1. The molecule has 0 radical (unpaired) electrons. The number of benzene rings is 1. The van der Waals surface area contributed by atoms with Crippen LogP contribution in [0.15, 0.2) is 24.3 Å². The molecule has 1 amide bonds. The number of amides is 1. The average molecular weight is 309 g/mol. The highest BCUT2D eigenvalue weighted by Crippen LogP contribution is 2.31. The second kappa shape index (κ2) is 5.87. The molecule has 104 valence electrons. The van der Waals surface area contributed by atoms with E-state index in [2.05, 4.69) is 20.8 Å². The molecule has 1 aromatic heterocycles. The zero-order chi connectivity index (χ0) is 13.9. The lowest BCUT2D eigenvalue weighted by Gasteiger charge is -2.06. The molecule has 1 fully saturated rings. The van der Waals surface area contributed by atoms with Crippen molar-refractivity contribution in [3.8, 4) is 10.6 Å². The van der Waals surface area contributed by atoms with E-state index in [1.54, 1.807) is 6.07 Å². The van der Waals surface area contributed by atoms with Crippen LogP contribution in [0.3, 0.4) is 0 Å². The minimum Gasteiger partial charge on any atom is -0.316 e. The summed E-state index contributed by atoms with van der Waals surface area (Å²) < 4.78 is 0. The van der Waals surface area contributed by atoms with Crippen LogP contribution in [0.5, 0.6) is 0 Å². The number of carbonyl (C=O) groups excluding carboxylic acids is 1. The van der Waals surface area contributed by atoms with Crippen molar-refractivity contribution in [1.29, 1.82) is 0 Å². The third-order valence-corrected chi connectivity index (χ3v) is 4.39. The summed E-state index contributed by atoms with van der Waals surface area (Å²) in [5.41, 5.74) is 0.828. The summed E-state index contributed by atoms with van der Waals surface area (Å²) in [6, 6.07) is 7.45. The lowest BCUT2D eigenvalue weighted by molar-refractivity contribution is -0.119. The van der Waals surface area contributed by atoms with E-state index in [0.717, 1.165) is 25.1 Å². The van der Waals surface area contributed by atoms with Crippen molar-refractivity contribution in [1.82, 2.24) is 15.5 Å². The zero-order valence-corrected chi connectivity index (χ0v) is 12.2. The average Bonchev–Trinajstić information content (AvgIpc) is 3.10. The molecule has 2 aromatic rings. The highest BCUT2D eigenvalue weighted by Gasteiger charge is 2.23. The number of rotatable bonds is 3. The largest absolute Gasteiger partial charge is 0.316 e. The number of halogens is 1. The van der Waals surface area contributed by atoms with Crippen molar-refractivity contribution >= 4 is 34.0 Å². The normalized spacial score (nSPS) is 18.1. The van der Waals surface area contributed by atoms with Gasteiger partial charge in [0.1, 0.15) is 0 Å². The molecule has 1 atom stereocenters. The molecule has 1 saturated heterocycles. The fourth-order valence-corrected chi connectivity index (χ4v) is 3.17. The molecule has 2 N–H and O–H groups in total. The fourth-order valence-electron chi connectivity index (χ4n) is 2.10. The summed E-state index contributed by atoms with van der Waals surface area (Å²) in [5, 5.41) is 15.9. The van der Waals surface area contributed by atoms with Crippen LogP contribution < -0.4 is 10.6 Å². The smallest absolute Gasteiger partial charge is 0.230 e. The molecule has 1 aliphatic heterocycles. The molecular formula is C13H13ClN4OS. The molecule has 0 aliphatic carbocycles. The maximum absolute atomic E-state index is 12.0. The molecule has 5 nitrogen and oxygen atoms in total. The summed E-state index contributed by atoms with van der Waals surface area (Å²) in [4.78, 5) is 12.0. The molecular weight excluding hydrogens is 296 g/mol. The predicted octanol–water partition coefficient (Wildman–Crippen LogP) is 2.41. The first-order chi connectivity index (χ1) is 9.74. The number of anilines is 1. The Labute approximate surface area is 125 Å². The van der Waals surface area contributed by atoms with Crippen LogP contribution in [0.1, 0.15) is 6.42 Å². The van der Waals surface area contributed by atoms with E-state index in [1.165, 1.54) is 11.3 Å². The van der Waals surface area contributed by atoms with Gasteiger partial charge in [-0.2, -0.15) is 0 Å². The van der Waals surface area contributed by atoms with Crippen LogP contribution in [0.2, 0.25) is 5.02 Å². The van der Waals surface area contributed by atoms with Gasteiger partial charge >= 0.3 is 0 Å². The maximum Gasteiger partial charge on any atom is 0.230 e. The Morgan fingerprint density at radius 3 is 3.00 bits per heavy atom. The monoisotopic (exact) mass is 308 g/mol. The summed E-state index contributed by atoms with van der Waals surface area (Å²) in [6.45, 7) is 1.61. The van der Waals surface area contributed by atoms with E-state index < -0.39 is 0 Å². The Bertz CT molecular complexity index is 624. The molecule has 0 bridgehead atoms. The van der Waals surface area contributed by atoms with Crippen LogP contribution in [0, 0.1) is 5.92 Å². The molecule has 3 rings (SSSR count). The van der Waals surface area contributed by atoms with Gasteiger partial charge in [0.05, 0.1) is 10.9 Å². The highest BCUT2D eigenvalue weighted by molar-refractivity contribution is 7.18. The second-order valence-corrected chi connectivity index (χ2v) is 5.96. The van der Waals surface area contributed by atoms with Gasteiger partial charge in [-0.15, -0.1) is 10.2 Å². The topological polar surface area (TPSA) is 66.9 Å². The standard InChI is InChI=1S/C13H13ClN4OS/c14-10-4-2-1-3-9(10)12-17-18-13(20-12)16-11(19)8-5-6-15-7-8/h1-4,8,15H,5-7H2,(H,16,18,19). The third-order valence-electron chi connectivity index (χ3n) is 3.19. The van der Waals surface area contributed by atoms with E-state index in [9.17, 15) is 4.79 Å². The van der Waals surface area contributed by atoms with Crippen LogP contribution in [-0.2, 0) is 4.79 Å². The summed E-state index contributed by atoms with van der Waals surface area (Å²) in [7, 11) is 0. The van der Waals surface area contributed by atoms with E-state index in [-0.39, 0.29) is 11.8 Å². The number of aromatic nitrogens is 2.